The highest BCUT2D eigenvalue weighted by Crippen LogP contribution is 2.24. The van der Waals surface area contributed by atoms with Crippen LogP contribution in [-0.2, 0) is 0 Å². The van der Waals surface area contributed by atoms with Crippen LogP contribution in [0.3, 0.4) is 0 Å². The summed E-state index contributed by atoms with van der Waals surface area (Å²) >= 11 is 0. The lowest BCUT2D eigenvalue weighted by atomic mass is 10.1. The van der Waals surface area contributed by atoms with Crippen molar-refractivity contribution >= 4 is 11.7 Å². The number of alkyl halides is 3. The van der Waals surface area contributed by atoms with E-state index in [1.165, 1.54) is 12.1 Å². The molecule has 1 aliphatic rings. The van der Waals surface area contributed by atoms with Crippen molar-refractivity contribution in [1.82, 2.24) is 5.32 Å². The minimum atomic E-state index is -4.75. The molecule has 0 saturated heterocycles. The average molecular weight is 316 g/mol. The molecule has 0 fully saturated rings. The molecule has 0 aromatic heterocycles. The molecule has 1 aliphatic carbocycles. The van der Waals surface area contributed by atoms with Gasteiger partial charge in [-0.05, 0) is 30.7 Å². The summed E-state index contributed by atoms with van der Waals surface area (Å²) in [6, 6.07) is 4.19. The number of urea groups is 1. The number of hydrogen-bond donors (Lipinski definition) is 3. The number of hydrogen-bond acceptors (Lipinski definition) is 3. The van der Waals surface area contributed by atoms with E-state index in [9.17, 15) is 18.0 Å². The third-order valence-corrected chi connectivity index (χ3v) is 3.07. The molecule has 3 N–H and O–H groups in total. The van der Waals surface area contributed by atoms with Crippen LogP contribution < -0.4 is 15.4 Å². The second kappa shape index (κ2) is 6.69. The maximum atomic E-state index is 12.0. The number of benzene rings is 1. The molecule has 0 bridgehead atoms. The molecule has 22 heavy (non-hydrogen) atoms. The molecule has 1 aromatic carbocycles. The summed E-state index contributed by atoms with van der Waals surface area (Å²) in [7, 11) is 0. The van der Waals surface area contributed by atoms with Crippen molar-refractivity contribution in [1.29, 1.82) is 0 Å². The van der Waals surface area contributed by atoms with E-state index in [4.69, 9.17) is 5.11 Å². The SMILES string of the molecule is O=C(Nc1ccc(OC(F)(F)F)cc1)N[C@@H]1C=C[C@H](CO)C1. The number of aliphatic hydroxyl groups is 1. The highest BCUT2D eigenvalue weighted by atomic mass is 19.4. The number of halogens is 3. The van der Waals surface area contributed by atoms with E-state index >= 15 is 0 Å². The Hall–Kier alpha value is -2.22. The van der Waals surface area contributed by atoms with Gasteiger partial charge in [0.25, 0.3) is 0 Å². The summed E-state index contributed by atoms with van der Waals surface area (Å²) in [6.07, 6.45) is -0.512. The number of carbonyl (C=O) groups excluding carboxylic acids is 1. The Labute approximate surface area is 124 Å². The van der Waals surface area contributed by atoms with E-state index in [-0.39, 0.29) is 24.3 Å². The Bertz CT molecular complexity index is 543. The number of ether oxygens (including phenoxy) is 1. The smallest absolute Gasteiger partial charge is 0.406 e. The molecule has 1 aromatic rings. The van der Waals surface area contributed by atoms with Crippen LogP contribution in [0.1, 0.15) is 6.42 Å². The summed E-state index contributed by atoms with van der Waals surface area (Å²) in [5.74, 6) is -0.327. The number of anilines is 1. The lowest BCUT2D eigenvalue weighted by Gasteiger charge is -2.14. The normalized spacial score (nSPS) is 20.7. The predicted octanol–water partition coefficient (Wildman–Crippen LogP) is 2.64. The van der Waals surface area contributed by atoms with Crippen LogP contribution in [0.15, 0.2) is 36.4 Å². The topological polar surface area (TPSA) is 70.6 Å². The van der Waals surface area contributed by atoms with Gasteiger partial charge >= 0.3 is 12.4 Å². The number of aliphatic hydroxyl groups excluding tert-OH is 1. The molecule has 0 radical (unpaired) electrons. The third kappa shape index (κ3) is 4.96. The van der Waals surface area contributed by atoms with Crippen LogP contribution in [-0.4, -0.2) is 30.1 Å². The molecule has 0 saturated carbocycles. The van der Waals surface area contributed by atoms with Crippen molar-refractivity contribution in [2.75, 3.05) is 11.9 Å². The van der Waals surface area contributed by atoms with Gasteiger partial charge in [-0.2, -0.15) is 0 Å². The molecule has 0 spiro atoms. The van der Waals surface area contributed by atoms with Crippen LogP contribution in [0.4, 0.5) is 23.7 Å². The summed E-state index contributed by atoms with van der Waals surface area (Å²) in [4.78, 5) is 11.7. The zero-order valence-electron chi connectivity index (χ0n) is 11.4. The van der Waals surface area contributed by atoms with E-state index in [0.29, 0.717) is 12.1 Å². The van der Waals surface area contributed by atoms with Crippen LogP contribution in [0.25, 0.3) is 0 Å². The minimum absolute atomic E-state index is 0.0248. The molecule has 0 unspecified atom stereocenters. The first-order valence-corrected chi connectivity index (χ1v) is 6.58. The summed E-state index contributed by atoms with van der Waals surface area (Å²) < 4.78 is 39.8. The van der Waals surface area contributed by atoms with Gasteiger partial charge in [-0.25, -0.2) is 4.79 Å². The molecule has 2 amide bonds. The Morgan fingerprint density at radius 3 is 2.50 bits per heavy atom. The lowest BCUT2D eigenvalue weighted by molar-refractivity contribution is -0.274. The highest BCUT2D eigenvalue weighted by molar-refractivity contribution is 5.89. The van der Waals surface area contributed by atoms with Gasteiger partial charge in [0.05, 0.1) is 0 Å². The molecule has 2 rings (SSSR count). The van der Waals surface area contributed by atoms with Gasteiger partial charge in [0, 0.05) is 24.3 Å². The zero-order chi connectivity index (χ0) is 16.2. The monoisotopic (exact) mass is 316 g/mol. The van der Waals surface area contributed by atoms with Gasteiger partial charge in [-0.3, -0.25) is 0 Å². The number of amides is 2. The van der Waals surface area contributed by atoms with Crippen molar-refractivity contribution < 1.29 is 27.8 Å². The summed E-state index contributed by atoms with van der Waals surface area (Å²) in [5.41, 5.74) is 0.340. The van der Waals surface area contributed by atoms with E-state index in [2.05, 4.69) is 15.4 Å². The van der Waals surface area contributed by atoms with Crippen molar-refractivity contribution in [3.63, 3.8) is 0 Å². The van der Waals surface area contributed by atoms with Gasteiger partial charge < -0.3 is 20.5 Å². The second-order valence-corrected chi connectivity index (χ2v) is 4.84. The molecule has 120 valence electrons. The summed E-state index contributed by atoms with van der Waals surface area (Å²) in [6.45, 7) is 0.0248. The van der Waals surface area contributed by atoms with Gasteiger partial charge in [-0.1, -0.05) is 12.2 Å². The van der Waals surface area contributed by atoms with E-state index in [0.717, 1.165) is 12.1 Å². The predicted molar refractivity (Wildman–Crippen MR) is 73.4 cm³/mol. The average Bonchev–Trinajstić information content (AvgIpc) is 2.87. The Kier molecular flexibility index (Phi) is 4.92. The number of rotatable bonds is 4. The molecule has 5 nitrogen and oxygen atoms in total. The largest absolute Gasteiger partial charge is 0.573 e. The number of carbonyl (C=O) groups is 1. The first-order chi connectivity index (χ1) is 10.4. The fourth-order valence-corrected chi connectivity index (χ4v) is 2.09. The first-order valence-electron chi connectivity index (χ1n) is 6.58. The van der Waals surface area contributed by atoms with Crippen LogP contribution in [0.5, 0.6) is 5.75 Å². The van der Waals surface area contributed by atoms with Crippen molar-refractivity contribution in [2.24, 2.45) is 5.92 Å². The molecule has 0 heterocycles. The molecule has 2 atom stereocenters. The molecular weight excluding hydrogens is 301 g/mol. The maximum absolute atomic E-state index is 12.0. The van der Waals surface area contributed by atoms with Gasteiger partial charge in [-0.15, -0.1) is 13.2 Å². The fourth-order valence-electron chi connectivity index (χ4n) is 2.09. The Morgan fingerprint density at radius 1 is 1.27 bits per heavy atom. The van der Waals surface area contributed by atoms with E-state index in [1.54, 1.807) is 6.08 Å². The highest BCUT2D eigenvalue weighted by Gasteiger charge is 2.31. The second-order valence-electron chi connectivity index (χ2n) is 4.84. The summed E-state index contributed by atoms with van der Waals surface area (Å²) in [5, 5.41) is 14.2. The minimum Gasteiger partial charge on any atom is -0.406 e. The Morgan fingerprint density at radius 2 is 1.95 bits per heavy atom. The van der Waals surface area contributed by atoms with E-state index < -0.39 is 12.4 Å². The van der Waals surface area contributed by atoms with Crippen molar-refractivity contribution in [3.8, 4) is 5.75 Å². The van der Waals surface area contributed by atoms with Crippen molar-refractivity contribution in [3.05, 3.63) is 36.4 Å². The number of nitrogens with one attached hydrogen (secondary N) is 2. The lowest BCUT2D eigenvalue weighted by Crippen LogP contribution is -2.36. The van der Waals surface area contributed by atoms with Crippen LogP contribution in [0.2, 0.25) is 0 Å². The molecular formula is C14H15F3N2O3. The zero-order valence-corrected chi connectivity index (χ0v) is 11.4. The van der Waals surface area contributed by atoms with Gasteiger partial charge in [0.1, 0.15) is 5.75 Å². The van der Waals surface area contributed by atoms with Crippen molar-refractivity contribution in [2.45, 2.75) is 18.8 Å². The first kappa shape index (κ1) is 16.2. The third-order valence-electron chi connectivity index (χ3n) is 3.07. The maximum Gasteiger partial charge on any atom is 0.573 e. The van der Waals surface area contributed by atoms with Gasteiger partial charge in [0.2, 0.25) is 0 Å². The molecule has 8 heteroatoms. The standard InChI is InChI=1S/C14H15F3N2O3/c15-14(16,17)22-12-5-3-10(4-6-12)18-13(21)19-11-2-1-9(7-11)8-20/h1-6,9,11,20H,7-8H2,(H2,18,19,21)/t9-,11+/m0/s1. The van der Waals surface area contributed by atoms with Crippen LogP contribution in [0, 0.1) is 5.92 Å². The van der Waals surface area contributed by atoms with E-state index in [1.807, 2.05) is 6.08 Å². The fraction of sp³-hybridized carbons (Fsp3) is 0.357. The van der Waals surface area contributed by atoms with Gasteiger partial charge in [0.15, 0.2) is 0 Å². The Balaban J connectivity index is 1.83. The van der Waals surface area contributed by atoms with Crippen LogP contribution >= 0.6 is 0 Å². The quantitative estimate of drug-likeness (QED) is 0.748. The molecule has 0 aliphatic heterocycles.